The molecule has 3 aliphatic rings. The Morgan fingerprint density at radius 3 is 2.31 bits per heavy atom. The van der Waals surface area contributed by atoms with E-state index < -0.39 is 42.4 Å². The Morgan fingerprint density at radius 1 is 1.19 bits per heavy atom. The van der Waals surface area contributed by atoms with E-state index in [1.165, 1.54) is 0 Å². The zero-order chi connectivity index (χ0) is 18.7. The fraction of sp³-hybridized carbons (Fsp3) is 0.611. The van der Waals surface area contributed by atoms with Crippen molar-refractivity contribution >= 4 is 23.7 Å². The number of rotatable bonds is 5. The molecule has 0 aromatic rings. The second-order valence-electron chi connectivity index (χ2n) is 7.03. The number of nitrogens with zero attached hydrogens (tertiary/aromatic N) is 2. The highest BCUT2D eigenvalue weighted by Crippen LogP contribution is 2.34. The second kappa shape index (κ2) is 7.28. The first-order valence-corrected chi connectivity index (χ1v) is 8.84. The quantitative estimate of drug-likeness (QED) is 0.432. The smallest absolute Gasteiger partial charge is 0.326 e. The summed E-state index contributed by atoms with van der Waals surface area (Å²) in [5, 5.41) is 11.8. The summed E-state index contributed by atoms with van der Waals surface area (Å²) < 4.78 is 4.89. The number of allylic oxidation sites excluding steroid dienone is 2. The molecule has 2 atom stereocenters. The van der Waals surface area contributed by atoms with Crippen molar-refractivity contribution in [2.24, 2.45) is 11.8 Å². The molecular weight excluding hydrogens is 338 g/mol. The molecule has 1 heterocycles. The third-order valence-electron chi connectivity index (χ3n) is 5.30. The van der Waals surface area contributed by atoms with Crippen molar-refractivity contribution in [1.29, 1.82) is 5.26 Å². The minimum Gasteiger partial charge on any atom is -0.454 e. The highest BCUT2D eigenvalue weighted by molar-refractivity contribution is 6.07. The molecule has 1 N–H and O–H groups in total. The molecule has 1 saturated carbocycles. The molecule has 1 saturated heterocycles. The van der Waals surface area contributed by atoms with Gasteiger partial charge in [-0.15, -0.1) is 0 Å². The van der Waals surface area contributed by atoms with E-state index in [9.17, 15) is 24.4 Å². The Morgan fingerprint density at radius 2 is 1.77 bits per heavy atom. The molecule has 8 heteroatoms. The predicted octanol–water partition coefficient (Wildman–Crippen LogP) is 0.433. The number of nitriles is 1. The van der Waals surface area contributed by atoms with Crippen LogP contribution in [0.5, 0.6) is 0 Å². The van der Waals surface area contributed by atoms with E-state index in [1.54, 1.807) is 0 Å². The van der Waals surface area contributed by atoms with Crippen LogP contribution < -0.4 is 5.32 Å². The van der Waals surface area contributed by atoms with Gasteiger partial charge < -0.3 is 10.1 Å². The van der Waals surface area contributed by atoms with Crippen molar-refractivity contribution in [2.45, 2.75) is 44.1 Å². The molecular formula is C18H21N3O5. The van der Waals surface area contributed by atoms with Crippen LogP contribution in [0.3, 0.4) is 0 Å². The number of carbonyl (C=O) groups excluding carboxylic acids is 4. The van der Waals surface area contributed by atoms with E-state index in [4.69, 9.17) is 4.74 Å². The third kappa shape index (κ3) is 3.47. The molecule has 0 aromatic heterocycles. The van der Waals surface area contributed by atoms with E-state index in [2.05, 4.69) is 11.4 Å². The lowest BCUT2D eigenvalue weighted by atomic mass is 9.85. The van der Waals surface area contributed by atoms with Crippen LogP contribution in [0.15, 0.2) is 12.2 Å². The third-order valence-corrected chi connectivity index (χ3v) is 5.30. The molecule has 1 aliphatic heterocycles. The normalized spacial score (nSPS) is 26.3. The average Bonchev–Trinajstić information content (AvgIpc) is 3.20. The minimum atomic E-state index is -0.882. The molecule has 0 spiro atoms. The molecule has 26 heavy (non-hydrogen) atoms. The summed E-state index contributed by atoms with van der Waals surface area (Å²) in [4.78, 5) is 49.4. The zero-order valence-corrected chi connectivity index (χ0v) is 14.4. The predicted molar refractivity (Wildman–Crippen MR) is 88.0 cm³/mol. The van der Waals surface area contributed by atoms with Gasteiger partial charge in [-0.05, 0) is 38.5 Å². The first kappa shape index (κ1) is 18.1. The summed E-state index contributed by atoms with van der Waals surface area (Å²) in [6, 6.07) is 2.12. The van der Waals surface area contributed by atoms with E-state index >= 15 is 0 Å². The van der Waals surface area contributed by atoms with Gasteiger partial charge in [-0.1, -0.05) is 12.2 Å². The fourth-order valence-corrected chi connectivity index (χ4v) is 3.89. The average molecular weight is 359 g/mol. The highest BCUT2D eigenvalue weighted by atomic mass is 16.5. The van der Waals surface area contributed by atoms with Crippen LogP contribution in [0.1, 0.15) is 38.5 Å². The summed E-state index contributed by atoms with van der Waals surface area (Å²) in [5.74, 6) is -2.90. The second-order valence-corrected chi connectivity index (χ2v) is 7.03. The number of imide groups is 1. The van der Waals surface area contributed by atoms with Gasteiger partial charge in [-0.2, -0.15) is 5.26 Å². The standard InChI is InChI=1S/C18H21N3O5/c19-11-18(7-3-4-8-18)20-14(22)10-26-15(23)9-21-16(24)12-5-1-2-6-13(12)17(21)25/h1-2,12-13H,3-10H2,(H,20,22)/t12-,13-/m0/s1. The number of esters is 1. The molecule has 0 aromatic carbocycles. The number of hydrogen-bond acceptors (Lipinski definition) is 6. The molecule has 8 nitrogen and oxygen atoms in total. The first-order chi connectivity index (χ1) is 12.5. The van der Waals surface area contributed by atoms with E-state index in [1.807, 2.05) is 12.2 Å². The number of nitrogens with one attached hydrogen (secondary N) is 1. The van der Waals surface area contributed by atoms with Crippen molar-refractivity contribution in [3.8, 4) is 6.07 Å². The Bertz CT molecular complexity index is 676. The first-order valence-electron chi connectivity index (χ1n) is 8.84. The largest absolute Gasteiger partial charge is 0.454 e. The zero-order valence-electron chi connectivity index (χ0n) is 14.4. The molecule has 0 radical (unpaired) electrons. The summed E-state index contributed by atoms with van der Waals surface area (Å²) in [6.45, 7) is -1.02. The number of ether oxygens (including phenoxy) is 1. The van der Waals surface area contributed by atoms with E-state index in [0.29, 0.717) is 25.7 Å². The number of fused-ring (bicyclic) bond motifs is 1. The number of carbonyl (C=O) groups is 4. The topological polar surface area (TPSA) is 117 Å². The van der Waals surface area contributed by atoms with Crippen LogP contribution in [0.25, 0.3) is 0 Å². The van der Waals surface area contributed by atoms with Crippen molar-refractivity contribution < 1.29 is 23.9 Å². The van der Waals surface area contributed by atoms with Crippen LogP contribution in [-0.4, -0.2) is 47.3 Å². The van der Waals surface area contributed by atoms with Gasteiger partial charge in [-0.3, -0.25) is 24.1 Å². The molecule has 3 amide bonds. The van der Waals surface area contributed by atoms with Crippen LogP contribution in [0.2, 0.25) is 0 Å². The van der Waals surface area contributed by atoms with Crippen LogP contribution >= 0.6 is 0 Å². The molecule has 0 unspecified atom stereocenters. The van der Waals surface area contributed by atoms with Gasteiger partial charge in [0.25, 0.3) is 5.91 Å². The van der Waals surface area contributed by atoms with Gasteiger partial charge in [0.2, 0.25) is 11.8 Å². The maximum absolute atomic E-state index is 12.3. The molecule has 2 fully saturated rings. The van der Waals surface area contributed by atoms with Crippen molar-refractivity contribution in [2.75, 3.05) is 13.2 Å². The maximum atomic E-state index is 12.3. The lowest BCUT2D eigenvalue weighted by molar-refractivity contribution is -0.155. The van der Waals surface area contributed by atoms with Crippen molar-refractivity contribution in [3.63, 3.8) is 0 Å². The van der Waals surface area contributed by atoms with Gasteiger partial charge in [0.15, 0.2) is 6.61 Å². The van der Waals surface area contributed by atoms with Gasteiger partial charge in [0, 0.05) is 0 Å². The summed E-state index contributed by atoms with van der Waals surface area (Å²) in [5.41, 5.74) is -0.882. The van der Waals surface area contributed by atoms with Crippen LogP contribution in [-0.2, 0) is 23.9 Å². The molecule has 138 valence electrons. The molecule has 3 rings (SSSR count). The lowest BCUT2D eigenvalue weighted by Gasteiger charge is -2.22. The summed E-state index contributed by atoms with van der Waals surface area (Å²) in [6.07, 6.45) is 7.62. The monoisotopic (exact) mass is 359 g/mol. The van der Waals surface area contributed by atoms with E-state index in [-0.39, 0.29) is 11.8 Å². The van der Waals surface area contributed by atoms with Crippen LogP contribution in [0, 0.1) is 23.2 Å². The van der Waals surface area contributed by atoms with Crippen LogP contribution in [0.4, 0.5) is 0 Å². The Labute approximate surface area is 151 Å². The van der Waals surface area contributed by atoms with Gasteiger partial charge in [0.05, 0.1) is 17.9 Å². The van der Waals surface area contributed by atoms with Crippen molar-refractivity contribution in [1.82, 2.24) is 10.2 Å². The Balaban J connectivity index is 1.49. The highest BCUT2D eigenvalue weighted by Gasteiger charge is 2.47. The number of likely N-dealkylation sites (tertiary alicyclic amines) is 1. The SMILES string of the molecule is N#CC1(NC(=O)COC(=O)CN2C(=O)[C@H]3CC=CC[C@@H]3C2=O)CCCC1. The van der Waals surface area contributed by atoms with Gasteiger partial charge >= 0.3 is 5.97 Å². The van der Waals surface area contributed by atoms with Gasteiger partial charge in [0.1, 0.15) is 12.1 Å². The summed E-state index contributed by atoms with van der Waals surface area (Å²) in [7, 11) is 0. The molecule has 2 aliphatic carbocycles. The maximum Gasteiger partial charge on any atom is 0.326 e. The summed E-state index contributed by atoms with van der Waals surface area (Å²) >= 11 is 0. The fourth-order valence-electron chi connectivity index (χ4n) is 3.89. The van der Waals surface area contributed by atoms with E-state index in [0.717, 1.165) is 17.7 Å². The Hall–Kier alpha value is -2.69. The lowest BCUT2D eigenvalue weighted by Crippen LogP contribution is -2.47. The van der Waals surface area contributed by atoms with Crippen molar-refractivity contribution in [3.05, 3.63) is 12.2 Å². The number of hydrogen-bond donors (Lipinski definition) is 1. The molecule has 0 bridgehead atoms. The van der Waals surface area contributed by atoms with Gasteiger partial charge in [-0.25, -0.2) is 0 Å². The minimum absolute atomic E-state index is 0.361. The number of amides is 3. The Kier molecular flexibility index (Phi) is 5.07.